The Kier molecular flexibility index (Phi) is 9.04. The van der Waals surface area contributed by atoms with Crippen LogP contribution in [0.3, 0.4) is 0 Å². The second-order valence-corrected chi connectivity index (χ2v) is 6.34. The van der Waals surface area contributed by atoms with Gasteiger partial charge in [0.15, 0.2) is 5.96 Å². The van der Waals surface area contributed by atoms with Crippen LogP contribution in [0.15, 0.2) is 9.41 Å². The van der Waals surface area contributed by atoms with Gasteiger partial charge in [0.25, 0.3) is 0 Å². The Morgan fingerprint density at radius 1 is 1.29 bits per heavy atom. The van der Waals surface area contributed by atoms with Crippen LogP contribution in [0.5, 0.6) is 0 Å². The number of rotatable bonds is 6. The third-order valence-electron chi connectivity index (χ3n) is 4.74. The first-order valence-electron chi connectivity index (χ1n) is 8.73. The first-order valence-corrected chi connectivity index (χ1v) is 8.73. The number of aliphatic imine (C=N–C) groups is 1. The third-order valence-corrected chi connectivity index (χ3v) is 4.74. The quantitative estimate of drug-likeness (QED) is 0.411. The van der Waals surface area contributed by atoms with Crippen molar-refractivity contribution in [2.45, 2.75) is 47.1 Å². The minimum Gasteiger partial charge on any atom is -0.444 e. The molecule has 0 aromatic carbocycles. The number of likely N-dealkylation sites (tertiary alicyclic amines) is 1. The number of guanidine groups is 1. The topological polar surface area (TPSA) is 70.9 Å². The monoisotopic (exact) mass is 449 g/mol. The molecule has 0 radical (unpaired) electrons. The number of aryl methyl sites for hydroxylation is 2. The van der Waals surface area contributed by atoms with Crippen LogP contribution in [0.25, 0.3) is 0 Å². The fraction of sp³-hybridized carbons (Fsp3) is 0.765. The largest absolute Gasteiger partial charge is 0.444 e. The zero-order valence-electron chi connectivity index (χ0n) is 15.4. The van der Waals surface area contributed by atoms with Gasteiger partial charge in [-0.05, 0) is 59.5 Å². The van der Waals surface area contributed by atoms with Crippen LogP contribution in [-0.4, -0.2) is 53.5 Å². The first-order chi connectivity index (χ1) is 11.0. The highest BCUT2D eigenvalue weighted by Crippen LogP contribution is 2.20. The van der Waals surface area contributed by atoms with E-state index < -0.39 is 0 Å². The molecule has 1 fully saturated rings. The summed E-state index contributed by atoms with van der Waals surface area (Å²) in [5.41, 5.74) is 7.04. The van der Waals surface area contributed by atoms with E-state index in [1.807, 2.05) is 13.8 Å². The van der Waals surface area contributed by atoms with E-state index in [4.69, 9.17) is 10.2 Å². The van der Waals surface area contributed by atoms with E-state index in [1.54, 1.807) is 0 Å². The molecule has 0 spiro atoms. The number of nitrogens with two attached hydrogens (primary N) is 1. The van der Waals surface area contributed by atoms with E-state index in [9.17, 15) is 0 Å². The lowest BCUT2D eigenvalue weighted by molar-refractivity contribution is 0.166. The predicted molar refractivity (Wildman–Crippen MR) is 109 cm³/mol. The fourth-order valence-electron chi connectivity index (χ4n) is 3.00. The molecule has 1 aliphatic rings. The maximum Gasteiger partial charge on any atom is 0.208 e. The average molecular weight is 449 g/mol. The molecule has 1 aromatic heterocycles. The molecule has 6 nitrogen and oxygen atoms in total. The molecule has 0 atom stereocenters. The maximum absolute atomic E-state index is 6.05. The van der Waals surface area contributed by atoms with Crippen molar-refractivity contribution in [1.82, 2.24) is 14.8 Å². The maximum atomic E-state index is 6.05. The summed E-state index contributed by atoms with van der Waals surface area (Å²) in [6.45, 7) is 13.8. The molecule has 0 amide bonds. The Balaban J connectivity index is 0.00000288. The summed E-state index contributed by atoms with van der Waals surface area (Å²) in [5, 5.41) is 0. The summed E-state index contributed by atoms with van der Waals surface area (Å²) in [6, 6.07) is 0. The minimum absolute atomic E-state index is 0. The molecule has 138 valence electrons. The second-order valence-electron chi connectivity index (χ2n) is 6.34. The molecule has 1 aliphatic heterocycles. The van der Waals surface area contributed by atoms with E-state index in [0.717, 1.165) is 69.5 Å². The average Bonchev–Trinajstić information content (AvgIpc) is 2.85. The number of hydrogen-bond acceptors (Lipinski definition) is 4. The highest BCUT2D eigenvalue weighted by molar-refractivity contribution is 14.0. The van der Waals surface area contributed by atoms with Gasteiger partial charge >= 0.3 is 0 Å². The van der Waals surface area contributed by atoms with Gasteiger partial charge in [-0.1, -0.05) is 0 Å². The standard InChI is InChI=1S/C17H31N5O.HI/c1-5-22(6-2)17(18)19-11-15-7-9-21(10-8-15)12-16-20-13(3)14(4)23-16;/h15H,5-12H2,1-4H3,(H2,18,19);1H. The molecule has 0 saturated carbocycles. The van der Waals surface area contributed by atoms with Crippen LogP contribution in [0.2, 0.25) is 0 Å². The van der Waals surface area contributed by atoms with E-state index >= 15 is 0 Å². The summed E-state index contributed by atoms with van der Waals surface area (Å²) in [6.07, 6.45) is 2.32. The molecular weight excluding hydrogens is 417 g/mol. The normalized spacial score (nSPS) is 16.9. The molecule has 0 aliphatic carbocycles. The van der Waals surface area contributed by atoms with E-state index in [1.165, 1.54) is 0 Å². The first kappa shape index (κ1) is 21.2. The predicted octanol–water partition coefficient (Wildman–Crippen LogP) is 2.78. The van der Waals surface area contributed by atoms with Crippen molar-refractivity contribution < 1.29 is 4.42 Å². The zero-order chi connectivity index (χ0) is 16.8. The summed E-state index contributed by atoms with van der Waals surface area (Å²) in [5.74, 6) is 3.08. The molecule has 24 heavy (non-hydrogen) atoms. The highest BCUT2D eigenvalue weighted by atomic mass is 127. The molecular formula is C17H32IN5O. The smallest absolute Gasteiger partial charge is 0.208 e. The Hall–Kier alpha value is -0.830. The number of nitrogens with zero attached hydrogens (tertiary/aromatic N) is 4. The van der Waals surface area contributed by atoms with Gasteiger partial charge in [0.1, 0.15) is 5.76 Å². The highest BCUT2D eigenvalue weighted by Gasteiger charge is 2.21. The molecule has 0 bridgehead atoms. The summed E-state index contributed by atoms with van der Waals surface area (Å²) in [4.78, 5) is 13.6. The number of halogens is 1. The zero-order valence-corrected chi connectivity index (χ0v) is 17.7. The summed E-state index contributed by atoms with van der Waals surface area (Å²) < 4.78 is 5.68. The van der Waals surface area contributed by atoms with E-state index in [0.29, 0.717) is 11.9 Å². The Morgan fingerprint density at radius 2 is 1.92 bits per heavy atom. The number of hydrogen-bond donors (Lipinski definition) is 1. The number of aromatic nitrogens is 1. The van der Waals surface area contributed by atoms with Crippen molar-refractivity contribution in [2.75, 3.05) is 32.7 Å². The third kappa shape index (κ3) is 5.91. The van der Waals surface area contributed by atoms with Crippen molar-refractivity contribution in [3.05, 3.63) is 17.3 Å². The van der Waals surface area contributed by atoms with Crippen molar-refractivity contribution in [3.8, 4) is 0 Å². The molecule has 2 N–H and O–H groups in total. The van der Waals surface area contributed by atoms with Crippen molar-refractivity contribution in [3.63, 3.8) is 0 Å². The van der Waals surface area contributed by atoms with Crippen LogP contribution in [0, 0.1) is 19.8 Å². The Bertz CT molecular complexity index is 500. The number of oxazole rings is 1. The second kappa shape index (κ2) is 10.2. The molecule has 2 heterocycles. The van der Waals surface area contributed by atoms with Crippen molar-refractivity contribution in [2.24, 2.45) is 16.6 Å². The van der Waals surface area contributed by atoms with Gasteiger partial charge in [0.2, 0.25) is 5.89 Å². The van der Waals surface area contributed by atoms with E-state index in [-0.39, 0.29) is 24.0 Å². The van der Waals surface area contributed by atoms with Gasteiger partial charge in [0, 0.05) is 19.6 Å². The lowest BCUT2D eigenvalue weighted by atomic mass is 9.97. The van der Waals surface area contributed by atoms with Crippen LogP contribution in [-0.2, 0) is 6.54 Å². The van der Waals surface area contributed by atoms with Crippen molar-refractivity contribution >= 4 is 29.9 Å². The van der Waals surface area contributed by atoms with Crippen LogP contribution < -0.4 is 5.73 Å². The molecule has 1 saturated heterocycles. The lowest BCUT2D eigenvalue weighted by Crippen LogP contribution is -2.38. The van der Waals surface area contributed by atoms with Crippen LogP contribution >= 0.6 is 24.0 Å². The van der Waals surface area contributed by atoms with Gasteiger partial charge < -0.3 is 15.1 Å². The van der Waals surface area contributed by atoms with Crippen LogP contribution in [0.1, 0.15) is 44.0 Å². The fourth-order valence-corrected chi connectivity index (χ4v) is 3.00. The lowest BCUT2D eigenvalue weighted by Gasteiger charge is -2.30. The summed E-state index contributed by atoms with van der Waals surface area (Å²) in [7, 11) is 0. The van der Waals surface area contributed by atoms with Crippen molar-refractivity contribution in [1.29, 1.82) is 0 Å². The molecule has 0 unspecified atom stereocenters. The van der Waals surface area contributed by atoms with Gasteiger partial charge in [-0.2, -0.15) is 0 Å². The Labute approximate surface area is 162 Å². The van der Waals surface area contributed by atoms with Gasteiger partial charge in [0.05, 0.1) is 12.2 Å². The van der Waals surface area contributed by atoms with Crippen LogP contribution in [0.4, 0.5) is 0 Å². The van der Waals surface area contributed by atoms with Gasteiger partial charge in [-0.25, -0.2) is 4.98 Å². The molecule has 2 rings (SSSR count). The molecule has 7 heteroatoms. The summed E-state index contributed by atoms with van der Waals surface area (Å²) >= 11 is 0. The molecule has 1 aromatic rings. The Morgan fingerprint density at radius 3 is 2.42 bits per heavy atom. The van der Waals surface area contributed by atoms with Gasteiger partial charge in [-0.3, -0.25) is 9.89 Å². The number of piperidine rings is 1. The SMILES string of the molecule is CCN(CC)C(N)=NCC1CCN(Cc2nc(C)c(C)o2)CC1.I. The minimum atomic E-state index is 0. The van der Waals surface area contributed by atoms with E-state index in [2.05, 4.69) is 33.6 Å². The van der Waals surface area contributed by atoms with Gasteiger partial charge in [-0.15, -0.1) is 24.0 Å².